The van der Waals surface area contributed by atoms with Gasteiger partial charge in [0, 0.05) is 10.3 Å². The predicted molar refractivity (Wildman–Crippen MR) is 112 cm³/mol. The topological polar surface area (TPSA) is 80.9 Å². The van der Waals surface area contributed by atoms with E-state index in [1.165, 1.54) is 11.3 Å². The van der Waals surface area contributed by atoms with Crippen LogP contribution in [0, 0.1) is 27.7 Å². The first-order chi connectivity index (χ1) is 13.3. The van der Waals surface area contributed by atoms with Gasteiger partial charge in [0.1, 0.15) is 4.83 Å². The lowest BCUT2D eigenvalue weighted by Crippen LogP contribution is -2.26. The van der Waals surface area contributed by atoms with Crippen LogP contribution in [0.4, 0.5) is 0 Å². The number of aryl methyl sites for hydroxylation is 4. The van der Waals surface area contributed by atoms with E-state index in [1.807, 2.05) is 40.7 Å². The second-order valence-electron chi connectivity index (χ2n) is 6.72. The van der Waals surface area contributed by atoms with Crippen LogP contribution in [-0.2, 0) is 0 Å². The van der Waals surface area contributed by atoms with Crippen LogP contribution in [-0.4, -0.2) is 20.9 Å². The quantitative estimate of drug-likeness (QED) is 0.502. The summed E-state index contributed by atoms with van der Waals surface area (Å²) in [7, 11) is 0. The number of aromatic nitrogens is 3. The Hall–Kier alpha value is -2.58. The average Bonchev–Trinajstić information content (AvgIpc) is 3.34. The van der Waals surface area contributed by atoms with E-state index in [1.54, 1.807) is 23.7 Å². The van der Waals surface area contributed by atoms with Crippen LogP contribution in [0.2, 0.25) is 0 Å². The molecule has 0 saturated heterocycles. The SMILES string of the molecule is Cc1nc(C)c(C(C)NC(=O)c2sc3nc(-c4ccco4)nc(C)c3c2C)s1. The van der Waals surface area contributed by atoms with Gasteiger partial charge in [-0.3, -0.25) is 4.79 Å². The Morgan fingerprint density at radius 3 is 2.54 bits per heavy atom. The lowest BCUT2D eigenvalue weighted by molar-refractivity contribution is 0.0944. The highest BCUT2D eigenvalue weighted by molar-refractivity contribution is 7.20. The smallest absolute Gasteiger partial charge is 0.262 e. The van der Waals surface area contributed by atoms with Gasteiger partial charge in [-0.05, 0) is 52.3 Å². The van der Waals surface area contributed by atoms with Gasteiger partial charge in [0.25, 0.3) is 5.91 Å². The van der Waals surface area contributed by atoms with Crippen molar-refractivity contribution < 1.29 is 9.21 Å². The summed E-state index contributed by atoms with van der Waals surface area (Å²) in [6.45, 7) is 9.82. The van der Waals surface area contributed by atoms with Crippen molar-refractivity contribution in [3.8, 4) is 11.6 Å². The molecule has 28 heavy (non-hydrogen) atoms. The van der Waals surface area contributed by atoms with Crippen LogP contribution < -0.4 is 5.32 Å². The summed E-state index contributed by atoms with van der Waals surface area (Å²) in [4.78, 5) is 29.2. The highest BCUT2D eigenvalue weighted by Gasteiger charge is 2.22. The molecular formula is C20H20N4O2S2. The molecule has 0 saturated carbocycles. The third-order valence-electron chi connectivity index (χ3n) is 4.60. The Kier molecular flexibility index (Phi) is 4.76. The number of hydrogen-bond donors (Lipinski definition) is 1. The summed E-state index contributed by atoms with van der Waals surface area (Å²) in [5, 5.41) is 5.04. The largest absolute Gasteiger partial charge is 0.461 e. The van der Waals surface area contributed by atoms with Gasteiger partial charge in [-0.1, -0.05) is 0 Å². The van der Waals surface area contributed by atoms with Crippen LogP contribution in [0.1, 0.15) is 49.5 Å². The van der Waals surface area contributed by atoms with Gasteiger partial charge in [-0.15, -0.1) is 22.7 Å². The van der Waals surface area contributed by atoms with E-state index in [9.17, 15) is 4.79 Å². The number of nitrogens with zero attached hydrogens (tertiary/aromatic N) is 3. The van der Waals surface area contributed by atoms with E-state index in [0.29, 0.717) is 16.5 Å². The predicted octanol–water partition coefficient (Wildman–Crippen LogP) is 5.13. The Morgan fingerprint density at radius 2 is 1.89 bits per heavy atom. The van der Waals surface area contributed by atoms with Gasteiger partial charge in [0.2, 0.25) is 0 Å². The summed E-state index contributed by atoms with van der Waals surface area (Å²) in [6, 6.07) is 3.53. The molecule has 1 amide bonds. The van der Waals surface area contributed by atoms with Crippen molar-refractivity contribution in [1.82, 2.24) is 20.3 Å². The van der Waals surface area contributed by atoms with Crippen LogP contribution in [0.5, 0.6) is 0 Å². The summed E-state index contributed by atoms with van der Waals surface area (Å²) < 4.78 is 5.42. The third-order valence-corrected chi connectivity index (χ3v) is 7.04. The number of hydrogen-bond acceptors (Lipinski definition) is 7. The molecule has 0 aromatic carbocycles. The van der Waals surface area contributed by atoms with Crippen molar-refractivity contribution in [2.45, 2.75) is 40.7 Å². The number of fused-ring (bicyclic) bond motifs is 1. The molecule has 8 heteroatoms. The number of furan rings is 1. The zero-order chi connectivity index (χ0) is 20.0. The van der Waals surface area contributed by atoms with Crippen molar-refractivity contribution in [2.75, 3.05) is 0 Å². The number of carbonyl (C=O) groups is 1. The normalized spacial score (nSPS) is 12.5. The molecule has 4 aromatic heterocycles. The Morgan fingerprint density at radius 1 is 1.11 bits per heavy atom. The van der Waals surface area contributed by atoms with Gasteiger partial charge in [0.05, 0.1) is 33.6 Å². The van der Waals surface area contributed by atoms with Gasteiger partial charge < -0.3 is 9.73 Å². The lowest BCUT2D eigenvalue weighted by Gasteiger charge is -2.12. The molecule has 144 valence electrons. The Bertz CT molecular complexity index is 1170. The highest BCUT2D eigenvalue weighted by Crippen LogP contribution is 2.33. The molecule has 6 nitrogen and oxygen atoms in total. The standard InChI is InChI=1S/C20H20N4O2S2/c1-9-15-10(2)22-18(14-7-6-8-26-14)24-20(15)28-16(9)19(25)23-12(4)17-11(3)21-13(5)27-17/h6-8,12H,1-5H3,(H,23,25). The summed E-state index contributed by atoms with van der Waals surface area (Å²) >= 11 is 3.00. The molecule has 0 fully saturated rings. The molecule has 0 bridgehead atoms. The molecule has 0 aliphatic heterocycles. The van der Waals surface area contributed by atoms with E-state index in [4.69, 9.17) is 4.42 Å². The molecule has 0 aliphatic rings. The van der Waals surface area contributed by atoms with Crippen LogP contribution in [0.15, 0.2) is 22.8 Å². The highest BCUT2D eigenvalue weighted by atomic mass is 32.1. The molecule has 0 radical (unpaired) electrons. The molecule has 4 rings (SSSR count). The Balaban J connectivity index is 1.68. The van der Waals surface area contributed by atoms with Gasteiger partial charge in [-0.2, -0.15) is 0 Å². The first-order valence-corrected chi connectivity index (χ1v) is 10.5. The lowest BCUT2D eigenvalue weighted by atomic mass is 10.1. The maximum absolute atomic E-state index is 13.0. The van der Waals surface area contributed by atoms with Crippen LogP contribution in [0.25, 0.3) is 21.8 Å². The summed E-state index contributed by atoms with van der Waals surface area (Å²) in [5.74, 6) is 1.05. The van der Waals surface area contributed by atoms with E-state index in [-0.39, 0.29) is 11.9 Å². The number of thiazole rings is 1. The van der Waals surface area contributed by atoms with Gasteiger partial charge >= 0.3 is 0 Å². The third kappa shape index (κ3) is 3.22. The molecule has 1 N–H and O–H groups in total. The molecule has 4 aromatic rings. The average molecular weight is 413 g/mol. The van der Waals surface area contributed by atoms with E-state index < -0.39 is 0 Å². The van der Waals surface area contributed by atoms with Gasteiger partial charge in [0.15, 0.2) is 11.6 Å². The number of rotatable bonds is 4. The van der Waals surface area contributed by atoms with E-state index in [0.717, 1.165) is 37.1 Å². The minimum atomic E-state index is -0.103. The molecule has 0 aliphatic carbocycles. The van der Waals surface area contributed by atoms with Crippen LogP contribution in [0.3, 0.4) is 0 Å². The fourth-order valence-corrected chi connectivity index (χ4v) is 5.41. The summed E-state index contributed by atoms with van der Waals surface area (Å²) in [5.41, 5.74) is 2.71. The number of amides is 1. The number of carbonyl (C=O) groups excluding carboxylic acids is 1. The van der Waals surface area contributed by atoms with E-state index >= 15 is 0 Å². The maximum atomic E-state index is 13.0. The maximum Gasteiger partial charge on any atom is 0.262 e. The van der Waals surface area contributed by atoms with Crippen molar-refractivity contribution in [1.29, 1.82) is 0 Å². The second kappa shape index (κ2) is 7.10. The van der Waals surface area contributed by atoms with Crippen molar-refractivity contribution in [3.63, 3.8) is 0 Å². The Labute approximate surface area is 170 Å². The minimum absolute atomic E-state index is 0.0996. The van der Waals surface area contributed by atoms with Crippen LogP contribution >= 0.6 is 22.7 Å². The van der Waals surface area contributed by atoms with Crippen molar-refractivity contribution in [3.05, 3.63) is 50.1 Å². The summed E-state index contributed by atoms with van der Waals surface area (Å²) in [6.07, 6.45) is 1.60. The molecule has 0 spiro atoms. The van der Waals surface area contributed by atoms with E-state index in [2.05, 4.69) is 20.3 Å². The second-order valence-corrected chi connectivity index (χ2v) is 8.96. The molecule has 1 atom stereocenters. The minimum Gasteiger partial charge on any atom is -0.461 e. The molecule has 4 heterocycles. The van der Waals surface area contributed by atoms with Crippen molar-refractivity contribution >= 4 is 38.8 Å². The zero-order valence-electron chi connectivity index (χ0n) is 16.3. The first kappa shape index (κ1) is 18.8. The van der Waals surface area contributed by atoms with Crippen molar-refractivity contribution in [2.24, 2.45) is 0 Å². The monoisotopic (exact) mass is 412 g/mol. The number of nitrogens with one attached hydrogen (secondary N) is 1. The fourth-order valence-electron chi connectivity index (χ4n) is 3.35. The molecule has 1 unspecified atom stereocenters. The molecular weight excluding hydrogens is 392 g/mol. The zero-order valence-corrected chi connectivity index (χ0v) is 17.9. The van der Waals surface area contributed by atoms with Gasteiger partial charge in [-0.25, -0.2) is 15.0 Å². The number of thiophene rings is 1. The fraction of sp³-hybridized carbons (Fsp3) is 0.300. The first-order valence-electron chi connectivity index (χ1n) is 8.91.